The number of carbonyl (C=O) groups excluding carboxylic acids is 1. The number of hydrogen-bond donors (Lipinski definition) is 1. The number of halogens is 7. The molecule has 1 N–H and O–H groups in total. The second-order valence-electron chi connectivity index (χ2n) is 8.93. The van der Waals surface area contributed by atoms with E-state index in [2.05, 4.69) is 25.0 Å². The Morgan fingerprint density at radius 2 is 1.77 bits per heavy atom. The number of anilines is 1. The van der Waals surface area contributed by atoms with E-state index in [4.69, 9.17) is 11.6 Å². The zero-order chi connectivity index (χ0) is 31.2. The third-order valence-corrected chi connectivity index (χ3v) is 10.8. The van der Waals surface area contributed by atoms with Gasteiger partial charge >= 0.3 is 12.5 Å². The van der Waals surface area contributed by atoms with Crippen molar-refractivity contribution in [2.75, 3.05) is 24.5 Å². The quantitative estimate of drug-likeness (QED) is 0.215. The Labute approximate surface area is 251 Å². The summed E-state index contributed by atoms with van der Waals surface area (Å²) in [6, 6.07) is 4.73. The number of benzene rings is 1. The van der Waals surface area contributed by atoms with Crippen LogP contribution in [0.4, 0.5) is 31.5 Å². The van der Waals surface area contributed by atoms with E-state index in [0.29, 0.717) is 21.5 Å². The predicted octanol–water partition coefficient (Wildman–Crippen LogP) is 4.91. The summed E-state index contributed by atoms with van der Waals surface area (Å²) >= 11 is 7.04. The van der Waals surface area contributed by atoms with Crippen LogP contribution in [0, 0.1) is 0 Å². The van der Waals surface area contributed by atoms with Crippen molar-refractivity contribution in [3.63, 3.8) is 0 Å². The molecule has 0 bridgehead atoms. The first-order valence-corrected chi connectivity index (χ1v) is 15.4. The number of hydrogen-bond acceptors (Lipinski definition) is 10. The van der Waals surface area contributed by atoms with Gasteiger partial charge in [0.05, 0.1) is 10.9 Å². The first kappa shape index (κ1) is 31.2. The van der Waals surface area contributed by atoms with Crippen LogP contribution in [0.3, 0.4) is 0 Å². The summed E-state index contributed by atoms with van der Waals surface area (Å²) in [5, 5.41) is 2.91. The van der Waals surface area contributed by atoms with Gasteiger partial charge in [-0.15, -0.1) is 24.5 Å². The van der Waals surface area contributed by atoms with E-state index in [1.807, 2.05) is 0 Å². The maximum absolute atomic E-state index is 13.5. The number of nitrogens with one attached hydrogen (secondary N) is 1. The fraction of sp³-hybridized carbons (Fsp3) is 0.304. The van der Waals surface area contributed by atoms with Gasteiger partial charge in [0.1, 0.15) is 20.9 Å². The van der Waals surface area contributed by atoms with Gasteiger partial charge in [-0.1, -0.05) is 23.5 Å². The lowest BCUT2D eigenvalue weighted by Gasteiger charge is -2.39. The second-order valence-corrected chi connectivity index (χ2v) is 13.5. The van der Waals surface area contributed by atoms with Gasteiger partial charge in [-0.2, -0.15) is 27.4 Å². The van der Waals surface area contributed by atoms with Crippen molar-refractivity contribution in [1.29, 1.82) is 0 Å². The topological polar surface area (TPSA) is 118 Å². The molecule has 0 spiro atoms. The lowest BCUT2D eigenvalue weighted by atomic mass is 10.1. The highest BCUT2D eigenvalue weighted by molar-refractivity contribution is 7.91. The van der Waals surface area contributed by atoms with Crippen LogP contribution in [0.15, 0.2) is 46.8 Å². The molecule has 1 amide bonds. The number of aromatic nitrogens is 3. The highest BCUT2D eigenvalue weighted by atomic mass is 35.5. The first-order valence-electron chi connectivity index (χ1n) is 12.0. The van der Waals surface area contributed by atoms with Gasteiger partial charge in [0.2, 0.25) is 11.2 Å². The Morgan fingerprint density at radius 3 is 2.42 bits per heavy atom. The molecule has 43 heavy (non-hydrogen) atoms. The lowest BCUT2D eigenvalue weighted by Crippen LogP contribution is -2.60. The van der Waals surface area contributed by atoms with E-state index in [9.17, 15) is 39.6 Å². The zero-order valence-electron chi connectivity index (χ0n) is 21.2. The molecule has 10 nitrogen and oxygen atoms in total. The van der Waals surface area contributed by atoms with E-state index in [-0.39, 0.29) is 48.4 Å². The highest BCUT2D eigenvalue weighted by Crippen LogP contribution is 2.38. The van der Waals surface area contributed by atoms with Crippen LogP contribution in [0.2, 0.25) is 5.28 Å². The zero-order valence-corrected chi connectivity index (χ0v) is 24.4. The van der Waals surface area contributed by atoms with E-state index in [1.54, 1.807) is 4.90 Å². The summed E-state index contributed by atoms with van der Waals surface area (Å²) in [6.45, 7) is -0.641. The summed E-state index contributed by atoms with van der Waals surface area (Å²) in [6.07, 6.45) is -8.19. The lowest BCUT2D eigenvalue weighted by molar-refractivity contribution is -0.274. The summed E-state index contributed by atoms with van der Waals surface area (Å²) in [7, 11) is -4.55. The molecule has 1 aliphatic rings. The smallest absolute Gasteiger partial charge is 0.406 e. The summed E-state index contributed by atoms with van der Waals surface area (Å²) in [5.74, 6) is -1.26. The average Bonchev–Trinajstić information content (AvgIpc) is 3.59. The number of carbonyl (C=O) groups is 1. The van der Waals surface area contributed by atoms with E-state index in [0.717, 1.165) is 22.5 Å². The Kier molecular flexibility index (Phi) is 8.47. The molecule has 1 atom stereocenters. The second kappa shape index (κ2) is 11.7. The van der Waals surface area contributed by atoms with Crippen molar-refractivity contribution in [3.8, 4) is 5.75 Å². The first-order chi connectivity index (χ1) is 20.1. The number of amides is 1. The number of thiophene rings is 1. The molecule has 4 heterocycles. The molecule has 0 radical (unpaired) electrons. The number of nitrogens with zero attached hydrogens (tertiary/aromatic N) is 5. The third kappa shape index (κ3) is 7.11. The molecule has 0 saturated carbocycles. The highest BCUT2D eigenvalue weighted by Gasteiger charge is 2.43. The minimum atomic E-state index is -4.89. The number of alkyl halides is 6. The molecule has 1 aromatic carbocycles. The maximum atomic E-state index is 13.5. The molecule has 230 valence electrons. The van der Waals surface area contributed by atoms with E-state index in [1.165, 1.54) is 29.7 Å². The van der Waals surface area contributed by atoms with E-state index >= 15 is 0 Å². The number of rotatable bonds is 7. The summed E-state index contributed by atoms with van der Waals surface area (Å²) in [4.78, 5) is 26.3. The predicted molar refractivity (Wildman–Crippen MR) is 144 cm³/mol. The number of fused-ring (bicyclic) bond motifs is 1. The van der Waals surface area contributed by atoms with Crippen molar-refractivity contribution in [2.24, 2.45) is 0 Å². The van der Waals surface area contributed by atoms with Crippen molar-refractivity contribution in [3.05, 3.63) is 58.3 Å². The average molecular weight is 687 g/mol. The van der Waals surface area contributed by atoms with Gasteiger partial charge in [0.25, 0.3) is 10.0 Å². The molecule has 5 rings (SSSR count). The number of sulfonamides is 1. The van der Waals surface area contributed by atoms with Gasteiger partial charge in [0, 0.05) is 26.2 Å². The van der Waals surface area contributed by atoms with Crippen molar-refractivity contribution in [2.45, 2.75) is 29.3 Å². The molecular formula is C23H17ClF6N6O4S3. The Hall–Kier alpha value is -3.26. The molecule has 1 saturated heterocycles. The van der Waals surface area contributed by atoms with Crippen molar-refractivity contribution < 1.29 is 44.3 Å². The SMILES string of the molecule is O=C(NCc1ccc(OC(F)(F)F)cc1)[C@H]1CN(c2nc3nc(Cl)ncc3s2)CCN1S(=O)(=O)c1ccc(C(F)(F)F)s1. The fourth-order valence-corrected chi connectivity index (χ4v) is 8.04. The molecule has 0 aliphatic carbocycles. The van der Waals surface area contributed by atoms with Crippen LogP contribution in [-0.4, -0.2) is 65.6 Å². The van der Waals surface area contributed by atoms with Crippen molar-refractivity contribution in [1.82, 2.24) is 24.6 Å². The normalized spacial score (nSPS) is 16.9. The van der Waals surface area contributed by atoms with Crippen LogP contribution < -0.4 is 15.0 Å². The molecule has 1 aliphatic heterocycles. The molecule has 1 fully saturated rings. The van der Waals surface area contributed by atoms with Crippen LogP contribution in [-0.2, 0) is 27.5 Å². The van der Waals surface area contributed by atoms with E-state index < -0.39 is 49.3 Å². The summed E-state index contributed by atoms with van der Waals surface area (Å²) in [5.41, 5.74) is 0.659. The van der Waals surface area contributed by atoms with Crippen molar-refractivity contribution >= 4 is 65.7 Å². The molecular weight excluding hydrogens is 670 g/mol. The van der Waals surface area contributed by atoms with Gasteiger partial charge in [-0.05, 0) is 41.4 Å². The number of thiazole rings is 1. The van der Waals surface area contributed by atoms with Gasteiger partial charge in [0.15, 0.2) is 10.8 Å². The fourth-order valence-electron chi connectivity index (χ4n) is 4.12. The number of ether oxygens (including phenoxy) is 1. The molecule has 0 unspecified atom stereocenters. The Bertz CT molecular complexity index is 1750. The van der Waals surface area contributed by atoms with Gasteiger partial charge in [-0.3, -0.25) is 4.79 Å². The standard InChI is InChI=1S/C23H17ClF6N6O4S3/c24-20-32-10-15-18(33-20)34-21(41-15)35-7-8-36(43(38,39)17-6-5-16(42-17)22(25,26)27)14(11-35)19(37)31-9-12-1-3-13(4-2-12)40-23(28,29)30/h1-6,10,14H,7-9,11H2,(H,31,37)/t14-/m1/s1. The third-order valence-electron chi connectivity index (χ3n) is 6.06. The van der Waals surface area contributed by atoms with Crippen LogP contribution >= 0.6 is 34.3 Å². The number of piperazine rings is 1. The van der Waals surface area contributed by atoms with Gasteiger partial charge in [-0.25, -0.2) is 13.4 Å². The molecule has 4 aromatic rings. The van der Waals surface area contributed by atoms with Gasteiger partial charge < -0.3 is 15.0 Å². The molecule has 20 heteroatoms. The minimum absolute atomic E-state index is 0.0373. The van der Waals surface area contributed by atoms with Crippen LogP contribution in [0.5, 0.6) is 5.75 Å². The maximum Gasteiger partial charge on any atom is 0.573 e. The Morgan fingerprint density at radius 1 is 1.05 bits per heavy atom. The van der Waals surface area contributed by atoms with Crippen LogP contribution in [0.25, 0.3) is 10.3 Å². The molecule has 3 aromatic heterocycles. The minimum Gasteiger partial charge on any atom is -0.406 e. The summed E-state index contributed by atoms with van der Waals surface area (Å²) < 4.78 is 109. The monoisotopic (exact) mass is 686 g/mol. The Balaban J connectivity index is 1.39. The van der Waals surface area contributed by atoms with Crippen LogP contribution in [0.1, 0.15) is 10.4 Å². The largest absolute Gasteiger partial charge is 0.573 e.